The highest BCUT2D eigenvalue weighted by Gasteiger charge is 2.01. The fourth-order valence-corrected chi connectivity index (χ4v) is 1.59. The molecule has 3 N–H and O–H groups in total. The van der Waals surface area contributed by atoms with E-state index in [1.165, 1.54) is 19.3 Å². The van der Waals surface area contributed by atoms with Gasteiger partial charge in [0.15, 0.2) is 0 Å². The number of ether oxygens (including phenoxy) is 1. The maximum absolute atomic E-state index is 5.85. The Morgan fingerprint density at radius 2 is 2.00 bits per heavy atom. The average Bonchev–Trinajstić information content (AvgIpc) is 2.35. The van der Waals surface area contributed by atoms with Crippen molar-refractivity contribution in [3.05, 3.63) is 18.2 Å². The molecule has 0 aliphatic heterocycles. The zero-order chi connectivity index (χ0) is 12.5. The predicted octanol–water partition coefficient (Wildman–Crippen LogP) is 3.66. The Bertz CT molecular complexity index is 326. The average molecular weight is 236 g/mol. The third kappa shape index (κ3) is 4.98. The number of hydrogen-bond acceptors (Lipinski definition) is 3. The number of hydrogen-bond donors (Lipinski definition) is 2. The Balaban J connectivity index is 2.49. The lowest BCUT2D eigenvalue weighted by Gasteiger charge is -2.11. The molecule has 17 heavy (non-hydrogen) atoms. The van der Waals surface area contributed by atoms with Crippen molar-refractivity contribution in [1.82, 2.24) is 0 Å². The Labute approximate surface area is 104 Å². The molecule has 0 aromatic heterocycles. The lowest BCUT2D eigenvalue weighted by Crippen LogP contribution is -2.03. The van der Waals surface area contributed by atoms with E-state index in [1.807, 2.05) is 18.2 Å². The third-order valence-corrected chi connectivity index (χ3v) is 2.58. The number of anilines is 2. The molecule has 0 aliphatic rings. The van der Waals surface area contributed by atoms with Gasteiger partial charge in [-0.05, 0) is 25.0 Å². The van der Waals surface area contributed by atoms with Crippen molar-refractivity contribution in [2.24, 2.45) is 0 Å². The van der Waals surface area contributed by atoms with E-state index in [2.05, 4.69) is 19.2 Å². The van der Waals surface area contributed by atoms with Crippen molar-refractivity contribution in [3.63, 3.8) is 0 Å². The third-order valence-electron chi connectivity index (χ3n) is 2.58. The van der Waals surface area contributed by atoms with Gasteiger partial charge in [0.05, 0.1) is 12.3 Å². The molecule has 0 saturated carbocycles. The summed E-state index contributed by atoms with van der Waals surface area (Å²) in [4.78, 5) is 0. The van der Waals surface area contributed by atoms with Crippen LogP contribution in [0.5, 0.6) is 5.75 Å². The Hall–Kier alpha value is -1.38. The van der Waals surface area contributed by atoms with E-state index >= 15 is 0 Å². The fraction of sp³-hybridized carbons (Fsp3) is 0.571. The molecule has 0 spiro atoms. The topological polar surface area (TPSA) is 47.3 Å². The van der Waals surface area contributed by atoms with Gasteiger partial charge in [0, 0.05) is 18.3 Å². The molecule has 0 amide bonds. The lowest BCUT2D eigenvalue weighted by atomic mass is 10.2. The summed E-state index contributed by atoms with van der Waals surface area (Å²) in [5.41, 5.74) is 7.64. The molecule has 96 valence electrons. The summed E-state index contributed by atoms with van der Waals surface area (Å²) in [5.74, 6) is 0.785. The quantitative estimate of drug-likeness (QED) is 0.535. The molecule has 1 rings (SSSR count). The van der Waals surface area contributed by atoms with Crippen LogP contribution in [0.2, 0.25) is 0 Å². The minimum Gasteiger partial charge on any atom is -0.491 e. The summed E-state index contributed by atoms with van der Waals surface area (Å²) in [6.07, 6.45) is 4.70. The van der Waals surface area contributed by atoms with Gasteiger partial charge >= 0.3 is 0 Å². The van der Waals surface area contributed by atoms with Crippen LogP contribution in [0.25, 0.3) is 0 Å². The van der Waals surface area contributed by atoms with Gasteiger partial charge in [0.25, 0.3) is 0 Å². The molecule has 0 bridgehead atoms. The Morgan fingerprint density at radius 3 is 2.71 bits per heavy atom. The van der Waals surface area contributed by atoms with E-state index < -0.39 is 0 Å². The van der Waals surface area contributed by atoms with E-state index in [4.69, 9.17) is 10.5 Å². The van der Waals surface area contributed by atoms with Gasteiger partial charge in [-0.3, -0.25) is 0 Å². The molecular weight excluding hydrogens is 212 g/mol. The maximum Gasteiger partial charge on any atom is 0.144 e. The molecule has 0 atom stereocenters. The summed E-state index contributed by atoms with van der Waals surface area (Å²) in [6, 6.07) is 5.88. The monoisotopic (exact) mass is 236 g/mol. The van der Waals surface area contributed by atoms with Gasteiger partial charge in [-0.25, -0.2) is 0 Å². The van der Waals surface area contributed by atoms with Gasteiger partial charge in [-0.15, -0.1) is 0 Å². The SMILES string of the molecule is CCCCCNc1ccc(N)c(OCCC)c1. The van der Waals surface area contributed by atoms with Crippen molar-refractivity contribution in [2.45, 2.75) is 39.5 Å². The van der Waals surface area contributed by atoms with Crippen LogP contribution in [-0.2, 0) is 0 Å². The predicted molar refractivity (Wildman–Crippen MR) is 74.7 cm³/mol. The Morgan fingerprint density at radius 1 is 1.18 bits per heavy atom. The van der Waals surface area contributed by atoms with Gasteiger partial charge in [0.1, 0.15) is 5.75 Å². The maximum atomic E-state index is 5.85. The number of benzene rings is 1. The molecule has 0 saturated heterocycles. The summed E-state index contributed by atoms with van der Waals surface area (Å²) in [6.45, 7) is 6.01. The van der Waals surface area contributed by atoms with Crippen LogP contribution in [0.1, 0.15) is 39.5 Å². The molecule has 0 heterocycles. The summed E-state index contributed by atoms with van der Waals surface area (Å²) in [5, 5.41) is 3.39. The molecule has 1 aromatic carbocycles. The highest BCUT2D eigenvalue weighted by molar-refractivity contribution is 5.61. The number of unbranched alkanes of at least 4 members (excludes halogenated alkanes) is 2. The van der Waals surface area contributed by atoms with Crippen molar-refractivity contribution in [1.29, 1.82) is 0 Å². The van der Waals surface area contributed by atoms with Gasteiger partial charge in [-0.2, -0.15) is 0 Å². The van der Waals surface area contributed by atoms with Gasteiger partial charge < -0.3 is 15.8 Å². The van der Waals surface area contributed by atoms with E-state index in [0.29, 0.717) is 12.3 Å². The standard InChI is InChI=1S/C14H24N2O/c1-3-5-6-9-16-12-7-8-13(15)14(11-12)17-10-4-2/h7-8,11,16H,3-6,9-10,15H2,1-2H3. The second kappa shape index (κ2) is 7.82. The zero-order valence-electron chi connectivity index (χ0n) is 11.0. The van der Waals surface area contributed by atoms with Crippen LogP contribution in [0.4, 0.5) is 11.4 Å². The largest absolute Gasteiger partial charge is 0.491 e. The normalized spacial score (nSPS) is 10.2. The van der Waals surface area contributed by atoms with Crippen LogP contribution >= 0.6 is 0 Å². The zero-order valence-corrected chi connectivity index (χ0v) is 11.0. The van der Waals surface area contributed by atoms with Crippen LogP contribution in [0.3, 0.4) is 0 Å². The molecule has 0 aliphatic carbocycles. The Kier molecular flexibility index (Phi) is 6.30. The van der Waals surface area contributed by atoms with Crippen LogP contribution < -0.4 is 15.8 Å². The van der Waals surface area contributed by atoms with Crippen LogP contribution in [-0.4, -0.2) is 13.2 Å². The second-order valence-corrected chi connectivity index (χ2v) is 4.23. The molecule has 0 radical (unpaired) electrons. The van der Waals surface area contributed by atoms with Crippen molar-refractivity contribution < 1.29 is 4.74 Å². The fourth-order valence-electron chi connectivity index (χ4n) is 1.59. The molecular formula is C14H24N2O. The van der Waals surface area contributed by atoms with E-state index in [9.17, 15) is 0 Å². The smallest absolute Gasteiger partial charge is 0.144 e. The van der Waals surface area contributed by atoms with E-state index in [1.54, 1.807) is 0 Å². The highest BCUT2D eigenvalue weighted by atomic mass is 16.5. The minimum absolute atomic E-state index is 0.706. The van der Waals surface area contributed by atoms with Gasteiger partial charge in [0.2, 0.25) is 0 Å². The number of rotatable bonds is 8. The highest BCUT2D eigenvalue weighted by Crippen LogP contribution is 2.25. The molecule has 3 nitrogen and oxygen atoms in total. The lowest BCUT2D eigenvalue weighted by molar-refractivity contribution is 0.319. The van der Waals surface area contributed by atoms with Crippen molar-refractivity contribution in [3.8, 4) is 5.75 Å². The van der Waals surface area contributed by atoms with Crippen LogP contribution in [0, 0.1) is 0 Å². The number of nitrogens with one attached hydrogen (secondary N) is 1. The van der Waals surface area contributed by atoms with Crippen molar-refractivity contribution >= 4 is 11.4 Å². The van der Waals surface area contributed by atoms with Crippen LogP contribution in [0.15, 0.2) is 18.2 Å². The van der Waals surface area contributed by atoms with E-state index in [0.717, 1.165) is 24.4 Å². The minimum atomic E-state index is 0.706. The molecule has 1 aromatic rings. The first-order valence-electron chi connectivity index (χ1n) is 6.54. The number of nitrogens with two attached hydrogens (primary N) is 1. The molecule has 0 fully saturated rings. The van der Waals surface area contributed by atoms with Gasteiger partial charge in [-0.1, -0.05) is 26.7 Å². The summed E-state index contributed by atoms with van der Waals surface area (Å²) < 4.78 is 5.59. The summed E-state index contributed by atoms with van der Waals surface area (Å²) in [7, 11) is 0. The van der Waals surface area contributed by atoms with Crippen molar-refractivity contribution in [2.75, 3.05) is 24.2 Å². The second-order valence-electron chi connectivity index (χ2n) is 4.23. The first-order valence-corrected chi connectivity index (χ1v) is 6.54. The first kappa shape index (κ1) is 13.7. The molecule has 0 unspecified atom stereocenters. The first-order chi connectivity index (χ1) is 8.27. The summed E-state index contributed by atoms with van der Waals surface area (Å²) >= 11 is 0. The molecule has 3 heteroatoms. The van der Waals surface area contributed by atoms with E-state index in [-0.39, 0.29) is 0 Å². The number of nitrogen functional groups attached to an aromatic ring is 1.